The number of rotatable bonds is 2. The first-order chi connectivity index (χ1) is 8.06. The molecule has 0 fully saturated rings. The van der Waals surface area contributed by atoms with Crippen molar-refractivity contribution < 1.29 is 4.79 Å². The molecule has 3 N–H and O–H groups in total. The van der Waals surface area contributed by atoms with Crippen LogP contribution in [-0.2, 0) is 7.05 Å². The highest BCUT2D eigenvalue weighted by Crippen LogP contribution is 2.11. The van der Waals surface area contributed by atoms with E-state index in [1.807, 2.05) is 19.1 Å². The largest absolute Gasteiger partial charge is 0.397 e. The van der Waals surface area contributed by atoms with Gasteiger partial charge in [0.05, 0.1) is 5.69 Å². The molecule has 88 valence electrons. The van der Waals surface area contributed by atoms with Crippen LogP contribution >= 0.6 is 0 Å². The lowest BCUT2D eigenvalue weighted by molar-refractivity contribution is 0.101. The summed E-state index contributed by atoms with van der Waals surface area (Å²) in [5.41, 5.74) is 7.54. The van der Waals surface area contributed by atoms with Crippen LogP contribution in [0, 0.1) is 6.92 Å². The minimum absolute atomic E-state index is 0.220. The summed E-state index contributed by atoms with van der Waals surface area (Å²) in [5.74, 6) is 0.317. The molecule has 5 nitrogen and oxygen atoms in total. The Morgan fingerprint density at radius 3 is 2.82 bits per heavy atom. The molecule has 0 saturated heterocycles. The summed E-state index contributed by atoms with van der Waals surface area (Å²) in [7, 11) is 1.77. The van der Waals surface area contributed by atoms with Crippen molar-refractivity contribution in [2.45, 2.75) is 6.92 Å². The van der Waals surface area contributed by atoms with Crippen molar-refractivity contribution in [3.8, 4) is 0 Å². The molecule has 2 aromatic rings. The second-order valence-corrected chi connectivity index (χ2v) is 3.89. The van der Waals surface area contributed by atoms with Crippen LogP contribution in [0.25, 0.3) is 0 Å². The monoisotopic (exact) mass is 230 g/mol. The summed E-state index contributed by atoms with van der Waals surface area (Å²) in [6.45, 7) is 1.87. The maximum Gasteiger partial charge on any atom is 0.273 e. The molecule has 0 spiro atoms. The molecule has 0 bridgehead atoms. The van der Waals surface area contributed by atoms with Crippen LogP contribution in [-0.4, -0.2) is 15.5 Å². The summed E-state index contributed by atoms with van der Waals surface area (Å²) in [6.07, 6.45) is 1.69. The van der Waals surface area contributed by atoms with Crippen molar-refractivity contribution in [2.24, 2.45) is 7.05 Å². The average molecular weight is 230 g/mol. The number of carbonyl (C=O) groups is 1. The van der Waals surface area contributed by atoms with Crippen molar-refractivity contribution in [2.75, 3.05) is 11.1 Å². The first-order valence-corrected chi connectivity index (χ1v) is 5.23. The van der Waals surface area contributed by atoms with Gasteiger partial charge in [-0.15, -0.1) is 0 Å². The van der Waals surface area contributed by atoms with Crippen molar-refractivity contribution in [3.63, 3.8) is 0 Å². The first-order valence-electron chi connectivity index (χ1n) is 5.23. The van der Waals surface area contributed by atoms with Gasteiger partial charge in [-0.25, -0.2) is 4.98 Å². The number of aromatic nitrogens is 2. The highest BCUT2D eigenvalue weighted by atomic mass is 16.2. The SMILES string of the molecule is Cc1cccc(NC(=O)c2cc(N)cn2C)n1. The Balaban J connectivity index is 2.20. The molecule has 0 saturated carbocycles. The van der Waals surface area contributed by atoms with Gasteiger partial charge in [-0.05, 0) is 25.1 Å². The van der Waals surface area contributed by atoms with Gasteiger partial charge in [0.25, 0.3) is 5.91 Å². The number of aryl methyl sites for hydroxylation is 2. The quantitative estimate of drug-likeness (QED) is 0.822. The van der Waals surface area contributed by atoms with Gasteiger partial charge in [0.1, 0.15) is 11.5 Å². The lowest BCUT2D eigenvalue weighted by Gasteiger charge is -2.05. The van der Waals surface area contributed by atoms with Gasteiger partial charge in [-0.2, -0.15) is 0 Å². The zero-order valence-corrected chi connectivity index (χ0v) is 9.77. The maximum atomic E-state index is 11.9. The summed E-state index contributed by atoms with van der Waals surface area (Å²) in [4.78, 5) is 16.1. The zero-order chi connectivity index (χ0) is 12.4. The van der Waals surface area contributed by atoms with E-state index in [2.05, 4.69) is 10.3 Å². The van der Waals surface area contributed by atoms with E-state index >= 15 is 0 Å². The van der Waals surface area contributed by atoms with Crippen LogP contribution in [0.15, 0.2) is 30.5 Å². The second kappa shape index (κ2) is 4.29. The Bertz CT molecular complexity index is 559. The fraction of sp³-hybridized carbons (Fsp3) is 0.167. The van der Waals surface area contributed by atoms with Gasteiger partial charge in [0.15, 0.2) is 0 Å². The van der Waals surface area contributed by atoms with Gasteiger partial charge in [-0.1, -0.05) is 6.07 Å². The number of nitrogens with zero attached hydrogens (tertiary/aromatic N) is 2. The molecule has 0 atom stereocenters. The molecular formula is C12H14N4O. The summed E-state index contributed by atoms with van der Waals surface area (Å²) in [6, 6.07) is 7.09. The molecule has 17 heavy (non-hydrogen) atoms. The topological polar surface area (TPSA) is 72.9 Å². The zero-order valence-electron chi connectivity index (χ0n) is 9.77. The third-order valence-electron chi connectivity index (χ3n) is 2.39. The Morgan fingerprint density at radius 1 is 1.47 bits per heavy atom. The van der Waals surface area contributed by atoms with Crippen molar-refractivity contribution >= 4 is 17.4 Å². The molecule has 2 heterocycles. The third-order valence-corrected chi connectivity index (χ3v) is 2.39. The Kier molecular flexibility index (Phi) is 2.82. The molecule has 0 aliphatic carbocycles. The fourth-order valence-electron chi connectivity index (χ4n) is 1.61. The highest BCUT2D eigenvalue weighted by molar-refractivity contribution is 6.03. The molecule has 0 unspecified atom stereocenters. The lowest BCUT2D eigenvalue weighted by Crippen LogP contribution is -2.16. The lowest BCUT2D eigenvalue weighted by atomic mass is 10.3. The highest BCUT2D eigenvalue weighted by Gasteiger charge is 2.11. The van der Waals surface area contributed by atoms with E-state index in [1.165, 1.54) is 0 Å². The smallest absolute Gasteiger partial charge is 0.273 e. The molecule has 0 radical (unpaired) electrons. The number of nitrogens with one attached hydrogen (secondary N) is 1. The van der Waals surface area contributed by atoms with E-state index in [4.69, 9.17) is 5.73 Å². The predicted molar refractivity (Wildman–Crippen MR) is 66.8 cm³/mol. The number of nitrogen functional groups attached to an aromatic ring is 1. The van der Waals surface area contributed by atoms with Crippen LogP contribution in [0.5, 0.6) is 0 Å². The average Bonchev–Trinajstić information content (AvgIpc) is 2.58. The van der Waals surface area contributed by atoms with Gasteiger partial charge in [-0.3, -0.25) is 4.79 Å². The molecule has 2 aromatic heterocycles. The first kappa shape index (κ1) is 11.2. The molecule has 0 aliphatic rings. The molecule has 1 amide bonds. The molecule has 2 rings (SSSR count). The van der Waals surface area contributed by atoms with Gasteiger partial charge < -0.3 is 15.6 Å². The summed E-state index contributed by atoms with van der Waals surface area (Å²) in [5, 5.41) is 2.73. The van der Waals surface area contributed by atoms with Gasteiger partial charge >= 0.3 is 0 Å². The van der Waals surface area contributed by atoms with E-state index in [1.54, 1.807) is 29.9 Å². The standard InChI is InChI=1S/C12H14N4O/c1-8-4-3-5-11(14-8)15-12(17)10-6-9(13)7-16(10)2/h3-7H,13H2,1-2H3,(H,14,15,17). The van der Waals surface area contributed by atoms with E-state index in [9.17, 15) is 4.79 Å². The van der Waals surface area contributed by atoms with E-state index in [0.29, 0.717) is 17.2 Å². The van der Waals surface area contributed by atoms with E-state index in [-0.39, 0.29) is 5.91 Å². The predicted octanol–water partition coefficient (Wildman–Crippen LogP) is 1.56. The summed E-state index contributed by atoms with van der Waals surface area (Å²) >= 11 is 0. The second-order valence-electron chi connectivity index (χ2n) is 3.89. The van der Waals surface area contributed by atoms with Gasteiger partial charge in [0.2, 0.25) is 0 Å². The van der Waals surface area contributed by atoms with Crippen LogP contribution in [0.1, 0.15) is 16.2 Å². The van der Waals surface area contributed by atoms with Crippen molar-refractivity contribution in [1.29, 1.82) is 0 Å². The van der Waals surface area contributed by atoms with Crippen LogP contribution in [0.3, 0.4) is 0 Å². The van der Waals surface area contributed by atoms with Crippen LogP contribution in [0.4, 0.5) is 11.5 Å². The Morgan fingerprint density at radius 2 is 2.24 bits per heavy atom. The minimum Gasteiger partial charge on any atom is -0.397 e. The molecule has 0 aromatic carbocycles. The Labute approximate surface area is 99.3 Å². The Hall–Kier alpha value is -2.30. The molecule has 5 heteroatoms. The van der Waals surface area contributed by atoms with Gasteiger partial charge in [0, 0.05) is 18.9 Å². The fourth-order valence-corrected chi connectivity index (χ4v) is 1.61. The maximum absolute atomic E-state index is 11.9. The van der Waals surface area contributed by atoms with E-state index < -0.39 is 0 Å². The van der Waals surface area contributed by atoms with Crippen LogP contribution < -0.4 is 11.1 Å². The normalized spacial score (nSPS) is 10.2. The van der Waals surface area contributed by atoms with Crippen molar-refractivity contribution in [1.82, 2.24) is 9.55 Å². The number of hydrogen-bond acceptors (Lipinski definition) is 3. The van der Waals surface area contributed by atoms with Crippen molar-refractivity contribution in [3.05, 3.63) is 41.9 Å². The number of nitrogens with two attached hydrogens (primary N) is 1. The number of pyridine rings is 1. The minimum atomic E-state index is -0.220. The molecular weight excluding hydrogens is 216 g/mol. The number of anilines is 2. The summed E-state index contributed by atoms with van der Waals surface area (Å²) < 4.78 is 1.68. The third kappa shape index (κ3) is 2.44. The number of carbonyl (C=O) groups excluding carboxylic acids is 1. The van der Waals surface area contributed by atoms with E-state index in [0.717, 1.165) is 5.69 Å². The number of hydrogen-bond donors (Lipinski definition) is 2. The van der Waals surface area contributed by atoms with Crippen LogP contribution in [0.2, 0.25) is 0 Å². The molecule has 0 aliphatic heterocycles. The number of amides is 1.